The number of nitriles is 1. The second kappa shape index (κ2) is 12.4. The van der Waals surface area contributed by atoms with Crippen molar-refractivity contribution in [3.8, 4) is 27.6 Å². The molecule has 0 saturated heterocycles. The SMILES string of the molecule is CNc1c(C)nsc1-c1ccc(-c2ccc(C3(C(=O)OC)CC3)cc2)cc1C#N.O=COCc1ccccc1. The molecule has 198 valence electrons. The summed E-state index contributed by atoms with van der Waals surface area (Å²) in [4.78, 5) is 22.8. The molecule has 0 amide bonds. The number of carbonyl (C=O) groups excluding carboxylic acids is 2. The Labute approximate surface area is 232 Å². The van der Waals surface area contributed by atoms with Crippen LogP contribution in [0.4, 0.5) is 5.69 Å². The highest BCUT2D eigenvalue weighted by molar-refractivity contribution is 7.10. The van der Waals surface area contributed by atoms with Crippen LogP contribution in [0.1, 0.15) is 35.2 Å². The standard InChI is InChI=1S/C23H21N3O2S.C8H8O2/c1-14-20(25-2)21(29-26-14)19-9-6-16(12-17(19)13-24)15-4-7-18(8-5-15)23(10-11-23)22(27)28-3;9-7-10-6-8-4-2-1-3-5-8/h4-9,12,25H,10-11H2,1-3H3;1-5,7H,6H2. The maximum Gasteiger partial charge on any atom is 0.316 e. The van der Waals surface area contributed by atoms with Crippen molar-refractivity contribution in [2.75, 3.05) is 19.5 Å². The van der Waals surface area contributed by atoms with E-state index in [-0.39, 0.29) is 5.97 Å². The third-order valence-corrected chi connectivity index (χ3v) is 7.73. The summed E-state index contributed by atoms with van der Waals surface area (Å²) in [7, 11) is 3.30. The molecule has 5 rings (SSSR count). The third kappa shape index (κ3) is 6.00. The fourth-order valence-corrected chi connectivity index (χ4v) is 5.42. The number of rotatable bonds is 8. The highest BCUT2D eigenvalue weighted by atomic mass is 32.1. The summed E-state index contributed by atoms with van der Waals surface area (Å²) < 4.78 is 13.9. The fourth-order valence-electron chi connectivity index (χ4n) is 4.48. The molecular formula is C31H29N3O4S. The van der Waals surface area contributed by atoms with Crippen LogP contribution in [-0.4, -0.2) is 31.0 Å². The van der Waals surface area contributed by atoms with Gasteiger partial charge in [-0.3, -0.25) is 9.59 Å². The van der Waals surface area contributed by atoms with Crippen LogP contribution in [0.15, 0.2) is 72.8 Å². The van der Waals surface area contributed by atoms with E-state index in [1.165, 1.54) is 18.6 Å². The van der Waals surface area contributed by atoms with Gasteiger partial charge in [-0.15, -0.1) is 0 Å². The Bertz CT molecular complexity index is 1490. The van der Waals surface area contributed by atoms with E-state index in [9.17, 15) is 14.9 Å². The lowest BCUT2D eigenvalue weighted by Crippen LogP contribution is -2.21. The van der Waals surface area contributed by atoms with E-state index in [2.05, 4.69) is 20.5 Å². The Kier molecular flexibility index (Phi) is 8.74. The van der Waals surface area contributed by atoms with E-state index >= 15 is 0 Å². The van der Waals surface area contributed by atoms with Gasteiger partial charge < -0.3 is 14.8 Å². The highest BCUT2D eigenvalue weighted by Crippen LogP contribution is 2.49. The van der Waals surface area contributed by atoms with Crippen molar-refractivity contribution in [2.24, 2.45) is 0 Å². The predicted molar refractivity (Wildman–Crippen MR) is 152 cm³/mol. The summed E-state index contributed by atoms with van der Waals surface area (Å²) in [6.07, 6.45) is 1.66. The smallest absolute Gasteiger partial charge is 0.316 e. The minimum atomic E-state index is -0.470. The van der Waals surface area contributed by atoms with Crippen LogP contribution >= 0.6 is 11.5 Å². The number of hydrogen-bond acceptors (Lipinski definition) is 8. The van der Waals surface area contributed by atoms with Gasteiger partial charge in [0.15, 0.2) is 0 Å². The topological polar surface area (TPSA) is 101 Å². The van der Waals surface area contributed by atoms with Crippen molar-refractivity contribution in [1.29, 1.82) is 5.26 Å². The summed E-state index contributed by atoms with van der Waals surface area (Å²) in [6, 6.07) is 25.8. The molecular weight excluding hydrogens is 510 g/mol. The zero-order valence-electron chi connectivity index (χ0n) is 22.1. The van der Waals surface area contributed by atoms with Gasteiger partial charge in [-0.2, -0.15) is 9.64 Å². The first kappa shape index (κ1) is 27.6. The normalized spacial score (nSPS) is 12.8. The van der Waals surface area contributed by atoms with Gasteiger partial charge in [-0.05, 0) is 59.6 Å². The monoisotopic (exact) mass is 539 g/mol. The third-order valence-electron chi connectivity index (χ3n) is 6.76. The minimum Gasteiger partial charge on any atom is -0.468 e. The van der Waals surface area contributed by atoms with E-state index in [0.29, 0.717) is 18.6 Å². The number of anilines is 1. The van der Waals surface area contributed by atoms with Crippen LogP contribution in [0.5, 0.6) is 0 Å². The summed E-state index contributed by atoms with van der Waals surface area (Å²) in [6.45, 7) is 2.77. The summed E-state index contributed by atoms with van der Waals surface area (Å²) in [5, 5.41) is 12.9. The van der Waals surface area contributed by atoms with Crippen LogP contribution in [0.3, 0.4) is 0 Å². The summed E-state index contributed by atoms with van der Waals surface area (Å²) >= 11 is 1.39. The lowest BCUT2D eigenvalue weighted by atomic mass is 9.92. The van der Waals surface area contributed by atoms with Crippen molar-refractivity contribution in [2.45, 2.75) is 31.8 Å². The fraction of sp³-hybridized carbons (Fsp3) is 0.226. The van der Waals surface area contributed by atoms with Gasteiger partial charge in [0.25, 0.3) is 6.47 Å². The molecule has 0 bridgehead atoms. The Hall–Kier alpha value is -4.48. The van der Waals surface area contributed by atoms with E-state index in [1.54, 1.807) is 0 Å². The molecule has 1 aliphatic carbocycles. The van der Waals surface area contributed by atoms with E-state index in [4.69, 9.17) is 4.74 Å². The number of esters is 1. The molecule has 0 aliphatic heterocycles. The second-order valence-corrected chi connectivity index (χ2v) is 9.91. The molecule has 1 heterocycles. The highest BCUT2D eigenvalue weighted by Gasteiger charge is 2.52. The number of aromatic nitrogens is 1. The molecule has 3 aromatic carbocycles. The lowest BCUT2D eigenvalue weighted by molar-refractivity contribution is -0.143. The number of benzene rings is 3. The molecule has 0 atom stereocenters. The molecule has 39 heavy (non-hydrogen) atoms. The van der Waals surface area contributed by atoms with Gasteiger partial charge in [0.2, 0.25) is 0 Å². The van der Waals surface area contributed by atoms with Crippen molar-refractivity contribution < 1.29 is 19.1 Å². The van der Waals surface area contributed by atoms with Gasteiger partial charge in [-0.1, -0.05) is 66.7 Å². The van der Waals surface area contributed by atoms with E-state index in [1.807, 2.05) is 86.8 Å². The van der Waals surface area contributed by atoms with Gasteiger partial charge >= 0.3 is 5.97 Å². The molecule has 1 aliphatic rings. The van der Waals surface area contributed by atoms with E-state index in [0.717, 1.165) is 56.9 Å². The zero-order valence-corrected chi connectivity index (χ0v) is 22.9. The van der Waals surface area contributed by atoms with Gasteiger partial charge in [-0.25, -0.2) is 0 Å². The zero-order chi connectivity index (χ0) is 27.8. The lowest BCUT2D eigenvalue weighted by Gasteiger charge is -2.14. The molecule has 8 heteroatoms. The summed E-state index contributed by atoms with van der Waals surface area (Å²) in [5.41, 5.74) is 6.88. The van der Waals surface area contributed by atoms with Crippen molar-refractivity contribution in [3.05, 3.63) is 95.2 Å². The molecule has 7 nitrogen and oxygen atoms in total. The molecule has 1 fully saturated rings. The first-order valence-electron chi connectivity index (χ1n) is 12.4. The van der Waals surface area contributed by atoms with Crippen LogP contribution in [0.25, 0.3) is 21.6 Å². The molecule has 1 saturated carbocycles. The number of hydrogen-bond donors (Lipinski definition) is 1. The quantitative estimate of drug-likeness (QED) is 0.208. The number of aryl methyl sites for hydroxylation is 1. The van der Waals surface area contributed by atoms with Crippen LogP contribution in [0.2, 0.25) is 0 Å². The Morgan fingerprint density at radius 1 is 1.10 bits per heavy atom. The molecule has 0 unspecified atom stereocenters. The van der Waals surface area contributed by atoms with Gasteiger partial charge in [0.05, 0.1) is 40.4 Å². The number of ether oxygens (including phenoxy) is 2. The summed E-state index contributed by atoms with van der Waals surface area (Å²) in [5.74, 6) is -0.165. The van der Waals surface area contributed by atoms with Gasteiger partial charge in [0.1, 0.15) is 6.61 Å². The predicted octanol–water partition coefficient (Wildman–Crippen LogP) is 6.26. The average molecular weight is 540 g/mol. The minimum absolute atomic E-state index is 0.165. The Balaban J connectivity index is 0.000000298. The number of nitrogens with zero attached hydrogens (tertiary/aromatic N) is 2. The molecule has 0 spiro atoms. The first-order valence-corrected chi connectivity index (χ1v) is 13.2. The first-order chi connectivity index (χ1) is 19.0. The number of nitrogens with one attached hydrogen (secondary N) is 1. The maximum absolute atomic E-state index is 12.1. The second-order valence-electron chi connectivity index (χ2n) is 9.14. The Morgan fingerprint density at radius 3 is 2.38 bits per heavy atom. The Morgan fingerprint density at radius 2 is 1.79 bits per heavy atom. The van der Waals surface area contributed by atoms with Crippen molar-refractivity contribution in [3.63, 3.8) is 0 Å². The molecule has 1 N–H and O–H groups in total. The number of methoxy groups -OCH3 is 1. The molecule has 1 aromatic heterocycles. The van der Waals surface area contributed by atoms with Crippen LogP contribution in [0, 0.1) is 18.3 Å². The van der Waals surface area contributed by atoms with Crippen molar-refractivity contribution >= 4 is 29.7 Å². The van der Waals surface area contributed by atoms with E-state index < -0.39 is 5.41 Å². The molecule has 4 aromatic rings. The van der Waals surface area contributed by atoms with Crippen molar-refractivity contribution in [1.82, 2.24) is 4.37 Å². The van der Waals surface area contributed by atoms with Gasteiger partial charge in [0, 0.05) is 12.6 Å². The average Bonchev–Trinajstić information content (AvgIpc) is 3.72. The largest absolute Gasteiger partial charge is 0.468 e. The van der Waals surface area contributed by atoms with Crippen LogP contribution in [-0.2, 0) is 31.1 Å². The molecule has 0 radical (unpaired) electrons. The maximum atomic E-state index is 12.1. The van der Waals surface area contributed by atoms with Crippen LogP contribution < -0.4 is 5.32 Å². The number of carbonyl (C=O) groups is 2.